The third-order valence-electron chi connectivity index (χ3n) is 3.29. The maximum Gasteiger partial charge on any atom is 0.240 e. The molecule has 0 unspecified atom stereocenters. The molecule has 4 nitrogen and oxygen atoms in total. The molecule has 0 fully saturated rings. The van der Waals surface area contributed by atoms with Gasteiger partial charge in [0.1, 0.15) is 18.2 Å². The Balaban J connectivity index is 2.03. The van der Waals surface area contributed by atoms with Crippen molar-refractivity contribution in [3.63, 3.8) is 0 Å². The molecule has 1 N–H and O–H groups in total. The van der Waals surface area contributed by atoms with E-state index in [2.05, 4.69) is 5.32 Å². The van der Waals surface area contributed by atoms with Crippen LogP contribution < -0.4 is 10.2 Å². The summed E-state index contributed by atoms with van der Waals surface area (Å²) in [7, 11) is 0. The molecule has 2 rings (SSSR count). The van der Waals surface area contributed by atoms with Crippen LogP contribution in [-0.2, 0) is 16.1 Å². The van der Waals surface area contributed by atoms with Crippen LogP contribution >= 0.6 is 11.6 Å². The van der Waals surface area contributed by atoms with Gasteiger partial charge in [-0.25, -0.2) is 8.78 Å². The highest BCUT2D eigenvalue weighted by Crippen LogP contribution is 2.20. The van der Waals surface area contributed by atoms with Crippen molar-refractivity contribution < 1.29 is 18.4 Å². The lowest BCUT2D eigenvalue weighted by Gasteiger charge is -2.21. The van der Waals surface area contributed by atoms with Crippen LogP contribution in [0.4, 0.5) is 14.5 Å². The van der Waals surface area contributed by atoms with Crippen LogP contribution in [0, 0.1) is 11.6 Å². The van der Waals surface area contributed by atoms with Crippen LogP contribution in [0.2, 0.25) is 5.02 Å². The lowest BCUT2D eigenvalue weighted by Crippen LogP contribution is -2.40. The largest absolute Gasteiger partial charge is 0.350 e. The summed E-state index contributed by atoms with van der Waals surface area (Å²) in [5.41, 5.74) is 0.681. The number of nitrogens with one attached hydrogen (secondary N) is 1. The minimum absolute atomic E-state index is 0.148. The topological polar surface area (TPSA) is 49.4 Å². The van der Waals surface area contributed by atoms with Crippen molar-refractivity contribution in [2.75, 3.05) is 11.4 Å². The van der Waals surface area contributed by atoms with Gasteiger partial charge in [-0.05, 0) is 29.8 Å². The molecular formula is C17H15ClF2N2O2. The van der Waals surface area contributed by atoms with E-state index in [1.807, 2.05) is 0 Å². The number of benzene rings is 2. The van der Waals surface area contributed by atoms with Crippen molar-refractivity contribution in [3.8, 4) is 0 Å². The lowest BCUT2D eigenvalue weighted by atomic mass is 10.2. The molecule has 0 atom stereocenters. The van der Waals surface area contributed by atoms with Gasteiger partial charge in [-0.3, -0.25) is 9.59 Å². The summed E-state index contributed by atoms with van der Waals surface area (Å²) >= 11 is 5.78. The molecule has 24 heavy (non-hydrogen) atoms. The Kier molecular flexibility index (Phi) is 5.87. The highest BCUT2D eigenvalue weighted by Gasteiger charge is 2.19. The van der Waals surface area contributed by atoms with Crippen molar-refractivity contribution in [2.24, 2.45) is 0 Å². The van der Waals surface area contributed by atoms with Crippen molar-refractivity contribution >= 4 is 29.1 Å². The van der Waals surface area contributed by atoms with E-state index in [4.69, 9.17) is 11.6 Å². The number of carbonyl (C=O) groups excluding carboxylic acids is 2. The van der Waals surface area contributed by atoms with E-state index in [9.17, 15) is 18.4 Å². The van der Waals surface area contributed by atoms with E-state index in [0.29, 0.717) is 11.1 Å². The summed E-state index contributed by atoms with van der Waals surface area (Å²) in [6.07, 6.45) is 0. The van der Waals surface area contributed by atoms with Gasteiger partial charge in [0.05, 0.1) is 5.69 Å². The number of amides is 2. The van der Waals surface area contributed by atoms with E-state index < -0.39 is 23.4 Å². The standard InChI is InChI=1S/C17H15ClF2N2O2/c1-11(23)22(16-7-6-14(19)8-15(16)20)10-17(24)21-9-12-2-4-13(18)5-3-12/h2-8H,9-10H2,1H3,(H,21,24). The summed E-state index contributed by atoms with van der Waals surface area (Å²) in [5, 5.41) is 3.21. The highest BCUT2D eigenvalue weighted by molar-refractivity contribution is 6.30. The Labute approximate surface area is 143 Å². The molecule has 0 heterocycles. The van der Waals surface area contributed by atoms with Gasteiger partial charge in [-0.15, -0.1) is 0 Å². The average molecular weight is 353 g/mol. The number of anilines is 1. The minimum atomic E-state index is -0.907. The predicted molar refractivity (Wildman–Crippen MR) is 87.7 cm³/mol. The van der Waals surface area contributed by atoms with Crippen molar-refractivity contribution in [1.29, 1.82) is 0 Å². The van der Waals surface area contributed by atoms with Crippen molar-refractivity contribution in [2.45, 2.75) is 13.5 Å². The third-order valence-corrected chi connectivity index (χ3v) is 3.54. The van der Waals surface area contributed by atoms with Crippen LogP contribution in [0.25, 0.3) is 0 Å². The van der Waals surface area contributed by atoms with Gasteiger partial charge in [0.2, 0.25) is 11.8 Å². The summed E-state index contributed by atoms with van der Waals surface area (Å²) in [6, 6.07) is 9.71. The number of hydrogen-bond donors (Lipinski definition) is 1. The number of carbonyl (C=O) groups is 2. The van der Waals surface area contributed by atoms with Gasteiger partial charge < -0.3 is 10.2 Å². The zero-order valence-electron chi connectivity index (χ0n) is 12.9. The second-order valence-electron chi connectivity index (χ2n) is 5.10. The monoisotopic (exact) mass is 352 g/mol. The van der Waals surface area contributed by atoms with Crippen LogP contribution in [0.3, 0.4) is 0 Å². The van der Waals surface area contributed by atoms with Crippen LogP contribution in [0.5, 0.6) is 0 Å². The molecule has 2 amide bonds. The molecule has 0 aromatic heterocycles. The van der Waals surface area contributed by atoms with Gasteiger partial charge in [0.25, 0.3) is 0 Å². The minimum Gasteiger partial charge on any atom is -0.350 e. The number of halogens is 3. The summed E-state index contributed by atoms with van der Waals surface area (Å²) < 4.78 is 26.8. The predicted octanol–water partition coefficient (Wildman–Crippen LogP) is 3.29. The molecule has 2 aromatic carbocycles. The fourth-order valence-corrected chi connectivity index (χ4v) is 2.19. The van der Waals surface area contributed by atoms with E-state index in [0.717, 1.165) is 22.6 Å². The molecule has 0 aliphatic carbocycles. The molecule has 0 saturated heterocycles. The second-order valence-corrected chi connectivity index (χ2v) is 5.54. The summed E-state index contributed by atoms with van der Waals surface area (Å²) in [4.78, 5) is 24.7. The normalized spacial score (nSPS) is 10.3. The first-order valence-electron chi connectivity index (χ1n) is 7.11. The summed E-state index contributed by atoms with van der Waals surface area (Å²) in [6.45, 7) is 1.08. The summed E-state index contributed by atoms with van der Waals surface area (Å²) in [5.74, 6) is -2.66. The molecule has 0 bridgehead atoms. The lowest BCUT2D eigenvalue weighted by molar-refractivity contribution is -0.123. The fourth-order valence-electron chi connectivity index (χ4n) is 2.07. The average Bonchev–Trinajstić information content (AvgIpc) is 2.52. The third kappa shape index (κ3) is 4.76. The van der Waals surface area contributed by atoms with Gasteiger partial charge in [-0.1, -0.05) is 23.7 Å². The van der Waals surface area contributed by atoms with E-state index >= 15 is 0 Å². The first kappa shape index (κ1) is 17.9. The quantitative estimate of drug-likeness (QED) is 0.897. The van der Waals surface area contributed by atoms with E-state index in [1.165, 1.54) is 6.92 Å². The second kappa shape index (κ2) is 7.88. The Morgan fingerprint density at radius 1 is 1.12 bits per heavy atom. The number of nitrogens with zero attached hydrogens (tertiary/aromatic N) is 1. The van der Waals surface area contributed by atoms with Crippen LogP contribution in [0.1, 0.15) is 12.5 Å². The van der Waals surface area contributed by atoms with Crippen LogP contribution in [0.15, 0.2) is 42.5 Å². The molecule has 126 valence electrons. The van der Waals surface area contributed by atoms with Crippen molar-refractivity contribution in [3.05, 3.63) is 64.7 Å². The van der Waals surface area contributed by atoms with E-state index in [1.54, 1.807) is 24.3 Å². The molecule has 0 aliphatic heterocycles. The molecule has 7 heteroatoms. The van der Waals surface area contributed by atoms with Gasteiger partial charge in [-0.2, -0.15) is 0 Å². The number of rotatable bonds is 5. The van der Waals surface area contributed by atoms with Gasteiger partial charge >= 0.3 is 0 Å². The SMILES string of the molecule is CC(=O)N(CC(=O)NCc1ccc(Cl)cc1)c1ccc(F)cc1F. The Hall–Kier alpha value is -2.47. The zero-order valence-corrected chi connectivity index (χ0v) is 13.6. The Morgan fingerprint density at radius 2 is 1.79 bits per heavy atom. The first-order chi connectivity index (χ1) is 11.4. The molecule has 0 saturated carbocycles. The molecular weight excluding hydrogens is 338 g/mol. The molecule has 0 radical (unpaired) electrons. The molecule has 0 aliphatic rings. The maximum absolute atomic E-state index is 13.8. The number of hydrogen-bond acceptors (Lipinski definition) is 2. The fraction of sp³-hybridized carbons (Fsp3) is 0.176. The molecule has 2 aromatic rings. The van der Waals surface area contributed by atoms with Gasteiger partial charge in [0.15, 0.2) is 0 Å². The van der Waals surface area contributed by atoms with E-state index in [-0.39, 0.29) is 18.8 Å². The van der Waals surface area contributed by atoms with Gasteiger partial charge in [0, 0.05) is 24.6 Å². The Bertz CT molecular complexity index is 751. The molecule has 0 spiro atoms. The maximum atomic E-state index is 13.8. The smallest absolute Gasteiger partial charge is 0.240 e. The van der Waals surface area contributed by atoms with Crippen LogP contribution in [-0.4, -0.2) is 18.4 Å². The first-order valence-corrected chi connectivity index (χ1v) is 7.49. The zero-order chi connectivity index (χ0) is 17.7. The Morgan fingerprint density at radius 3 is 2.38 bits per heavy atom. The highest BCUT2D eigenvalue weighted by atomic mass is 35.5. The van der Waals surface area contributed by atoms with Crippen molar-refractivity contribution in [1.82, 2.24) is 5.32 Å².